The first-order valence-corrected chi connectivity index (χ1v) is 9.47. The van der Waals surface area contributed by atoms with Gasteiger partial charge in [-0.05, 0) is 44.5 Å². The molecule has 2 atom stereocenters. The second-order valence-electron chi connectivity index (χ2n) is 6.72. The second kappa shape index (κ2) is 9.12. The summed E-state index contributed by atoms with van der Waals surface area (Å²) < 4.78 is 0. The van der Waals surface area contributed by atoms with Crippen molar-refractivity contribution in [3.05, 3.63) is 35.5 Å². The Labute approximate surface area is 163 Å². The molecule has 2 aromatic rings. The van der Waals surface area contributed by atoms with Crippen LogP contribution in [0.5, 0.6) is 0 Å². The van der Waals surface area contributed by atoms with E-state index in [4.69, 9.17) is 11.6 Å². The summed E-state index contributed by atoms with van der Waals surface area (Å²) in [6.45, 7) is 3.74. The van der Waals surface area contributed by atoms with Crippen LogP contribution in [0.25, 0.3) is 11.3 Å². The average Bonchev–Trinajstić information content (AvgIpc) is 2.68. The van der Waals surface area contributed by atoms with E-state index in [1.807, 2.05) is 18.2 Å². The summed E-state index contributed by atoms with van der Waals surface area (Å²) in [5, 5.41) is 19.0. The third-order valence-electron chi connectivity index (χ3n) is 4.38. The molecule has 1 fully saturated rings. The molecule has 8 heteroatoms. The number of anilines is 2. The van der Waals surface area contributed by atoms with Gasteiger partial charge in [-0.3, -0.25) is 4.79 Å². The zero-order valence-corrected chi connectivity index (χ0v) is 16.0. The number of nitrogens with one attached hydrogen (secondary N) is 3. The van der Waals surface area contributed by atoms with Crippen LogP contribution in [0.3, 0.4) is 0 Å². The molecule has 3 heterocycles. The third-order valence-corrected chi connectivity index (χ3v) is 4.68. The number of nitrogens with zero attached hydrogens (tertiary/aromatic N) is 2. The first-order chi connectivity index (χ1) is 13.0. The van der Waals surface area contributed by atoms with Gasteiger partial charge in [-0.15, -0.1) is 0 Å². The summed E-state index contributed by atoms with van der Waals surface area (Å²) in [6.07, 6.45) is 2.91. The summed E-state index contributed by atoms with van der Waals surface area (Å²) in [6, 6.07) is 7.25. The second-order valence-corrected chi connectivity index (χ2v) is 7.13. The van der Waals surface area contributed by atoms with Crippen molar-refractivity contribution in [3.63, 3.8) is 0 Å². The number of aromatic nitrogens is 2. The van der Waals surface area contributed by atoms with Crippen molar-refractivity contribution in [1.29, 1.82) is 0 Å². The van der Waals surface area contributed by atoms with Gasteiger partial charge in [0.2, 0.25) is 5.91 Å². The van der Waals surface area contributed by atoms with Crippen molar-refractivity contribution in [1.82, 2.24) is 15.3 Å². The fourth-order valence-electron chi connectivity index (χ4n) is 2.94. The molecule has 4 N–H and O–H groups in total. The van der Waals surface area contributed by atoms with Crippen molar-refractivity contribution in [2.75, 3.05) is 30.3 Å². The number of piperidine rings is 1. The zero-order valence-electron chi connectivity index (χ0n) is 15.2. The topological polar surface area (TPSA) is 99.2 Å². The van der Waals surface area contributed by atoms with E-state index in [0.29, 0.717) is 41.0 Å². The third kappa shape index (κ3) is 5.38. The minimum absolute atomic E-state index is 0.0386. The van der Waals surface area contributed by atoms with Crippen LogP contribution in [0.2, 0.25) is 5.02 Å². The molecule has 0 radical (unpaired) electrons. The van der Waals surface area contributed by atoms with Gasteiger partial charge in [-0.1, -0.05) is 17.7 Å². The Morgan fingerprint density at radius 3 is 3.04 bits per heavy atom. The number of hydrogen-bond acceptors (Lipinski definition) is 6. The molecule has 0 unspecified atom stereocenters. The number of pyridine rings is 2. The van der Waals surface area contributed by atoms with Crippen molar-refractivity contribution in [2.24, 2.45) is 5.92 Å². The number of rotatable bonds is 6. The molecule has 27 heavy (non-hydrogen) atoms. The van der Waals surface area contributed by atoms with Crippen LogP contribution in [0.15, 0.2) is 30.5 Å². The molecule has 3 rings (SSSR count). The van der Waals surface area contributed by atoms with Gasteiger partial charge in [0.25, 0.3) is 0 Å². The van der Waals surface area contributed by atoms with Crippen LogP contribution >= 0.6 is 11.6 Å². The molecule has 2 aromatic heterocycles. The summed E-state index contributed by atoms with van der Waals surface area (Å²) in [7, 11) is 0. The van der Waals surface area contributed by atoms with Crippen LogP contribution in [0.4, 0.5) is 11.6 Å². The summed E-state index contributed by atoms with van der Waals surface area (Å²) in [4.78, 5) is 21.2. The van der Waals surface area contributed by atoms with Crippen molar-refractivity contribution < 1.29 is 9.90 Å². The van der Waals surface area contributed by atoms with E-state index in [9.17, 15) is 9.90 Å². The molecule has 1 amide bonds. The van der Waals surface area contributed by atoms with E-state index in [0.717, 1.165) is 19.4 Å². The number of aliphatic hydroxyl groups excluding tert-OH is 1. The number of carbonyl (C=O) groups excluding carboxylic acids is 1. The van der Waals surface area contributed by atoms with Gasteiger partial charge >= 0.3 is 0 Å². The number of aliphatic hydroxyl groups is 1. The van der Waals surface area contributed by atoms with Crippen LogP contribution in [0, 0.1) is 5.92 Å². The Morgan fingerprint density at radius 2 is 2.30 bits per heavy atom. The Balaban J connectivity index is 1.77. The highest BCUT2D eigenvalue weighted by Crippen LogP contribution is 2.29. The smallest absolute Gasteiger partial charge is 0.229 e. The molecule has 7 nitrogen and oxygen atoms in total. The molecule has 0 saturated carbocycles. The van der Waals surface area contributed by atoms with Gasteiger partial charge < -0.3 is 21.1 Å². The van der Waals surface area contributed by atoms with E-state index in [2.05, 4.69) is 25.9 Å². The van der Waals surface area contributed by atoms with Crippen LogP contribution in [-0.2, 0) is 4.79 Å². The fourth-order valence-corrected chi connectivity index (χ4v) is 3.14. The van der Waals surface area contributed by atoms with E-state index < -0.39 is 6.10 Å². The van der Waals surface area contributed by atoms with E-state index in [-0.39, 0.29) is 11.8 Å². The lowest BCUT2D eigenvalue weighted by Crippen LogP contribution is -2.37. The molecular weight excluding hydrogens is 366 g/mol. The maximum Gasteiger partial charge on any atom is 0.229 e. The number of halogens is 1. The van der Waals surface area contributed by atoms with Gasteiger partial charge in [0, 0.05) is 24.8 Å². The van der Waals surface area contributed by atoms with Gasteiger partial charge in [0.1, 0.15) is 11.6 Å². The lowest BCUT2D eigenvalue weighted by molar-refractivity contribution is -0.120. The van der Waals surface area contributed by atoms with E-state index in [1.54, 1.807) is 13.0 Å². The van der Waals surface area contributed by atoms with Gasteiger partial charge in [-0.2, -0.15) is 0 Å². The SMILES string of the molecule is C[C@@H](O)CNc1cccc(-c2cc(NC(=O)[C@@H]3CCCNC3)ncc2Cl)n1. The van der Waals surface area contributed by atoms with Gasteiger partial charge in [0.05, 0.1) is 22.7 Å². The fraction of sp³-hybridized carbons (Fsp3) is 0.421. The van der Waals surface area contributed by atoms with Crippen molar-refractivity contribution >= 4 is 29.1 Å². The van der Waals surface area contributed by atoms with Crippen LogP contribution < -0.4 is 16.0 Å². The highest BCUT2D eigenvalue weighted by Gasteiger charge is 2.21. The van der Waals surface area contributed by atoms with E-state index >= 15 is 0 Å². The Morgan fingerprint density at radius 1 is 1.44 bits per heavy atom. The van der Waals surface area contributed by atoms with Gasteiger partial charge in [0.15, 0.2) is 0 Å². The first kappa shape index (κ1) is 19.5. The number of amides is 1. The van der Waals surface area contributed by atoms with Crippen LogP contribution in [-0.4, -0.2) is 46.7 Å². The predicted octanol–water partition coefficient (Wildman–Crippen LogP) is 2.53. The number of carbonyl (C=O) groups is 1. The maximum absolute atomic E-state index is 12.4. The summed E-state index contributed by atoms with van der Waals surface area (Å²) >= 11 is 6.31. The normalized spacial score (nSPS) is 18.0. The highest BCUT2D eigenvalue weighted by atomic mass is 35.5. The largest absolute Gasteiger partial charge is 0.392 e. The minimum Gasteiger partial charge on any atom is -0.392 e. The van der Waals surface area contributed by atoms with Crippen molar-refractivity contribution in [3.8, 4) is 11.3 Å². The molecule has 1 aliphatic heterocycles. The Kier molecular flexibility index (Phi) is 6.60. The Bertz CT molecular complexity index is 793. The molecular formula is C19H24ClN5O2. The number of hydrogen-bond donors (Lipinski definition) is 4. The highest BCUT2D eigenvalue weighted by molar-refractivity contribution is 6.33. The monoisotopic (exact) mass is 389 g/mol. The quantitative estimate of drug-likeness (QED) is 0.606. The Hall–Kier alpha value is -2.22. The molecule has 144 valence electrons. The lowest BCUT2D eigenvalue weighted by Gasteiger charge is -2.21. The molecule has 0 aliphatic carbocycles. The van der Waals surface area contributed by atoms with Crippen molar-refractivity contribution in [2.45, 2.75) is 25.9 Å². The molecule has 1 saturated heterocycles. The summed E-state index contributed by atoms with van der Waals surface area (Å²) in [5.74, 6) is 1.00. The average molecular weight is 390 g/mol. The van der Waals surface area contributed by atoms with Crippen LogP contribution in [0.1, 0.15) is 19.8 Å². The lowest BCUT2D eigenvalue weighted by atomic mass is 9.99. The maximum atomic E-state index is 12.4. The molecule has 0 spiro atoms. The van der Waals surface area contributed by atoms with Gasteiger partial charge in [-0.25, -0.2) is 9.97 Å². The minimum atomic E-state index is -0.476. The molecule has 0 bridgehead atoms. The summed E-state index contributed by atoms with van der Waals surface area (Å²) in [5.41, 5.74) is 1.34. The molecule has 1 aliphatic rings. The standard InChI is InChI=1S/C19H24ClN5O2/c1-12(26)9-22-17-6-2-5-16(24-17)14-8-18(23-11-15(14)20)25-19(27)13-4-3-7-21-10-13/h2,5-6,8,11-13,21,26H,3-4,7,9-10H2,1H3,(H,22,24)(H,23,25,27)/t12-,13-/m1/s1. The molecule has 0 aromatic carbocycles. The van der Waals surface area contributed by atoms with E-state index in [1.165, 1.54) is 6.20 Å². The zero-order chi connectivity index (χ0) is 19.2. The predicted molar refractivity (Wildman–Crippen MR) is 107 cm³/mol. The first-order valence-electron chi connectivity index (χ1n) is 9.09.